The smallest absolute Gasteiger partial charge is 0.406 e. The number of carbonyl (C=O) groups is 3. The molecular formula is C13H10F3NO6. The largest absolute Gasteiger partial charge is 0.573 e. The summed E-state index contributed by atoms with van der Waals surface area (Å²) >= 11 is 0. The molecule has 0 bridgehead atoms. The van der Waals surface area contributed by atoms with Gasteiger partial charge in [-0.15, -0.1) is 13.2 Å². The van der Waals surface area contributed by atoms with Crippen LogP contribution in [0.2, 0.25) is 0 Å². The second kappa shape index (κ2) is 6.55. The van der Waals surface area contributed by atoms with Gasteiger partial charge in [0.05, 0.1) is 4.92 Å². The van der Waals surface area contributed by atoms with Crippen molar-refractivity contribution in [3.63, 3.8) is 0 Å². The number of carbonyl (C=O) groups excluding carboxylic acids is 3. The van der Waals surface area contributed by atoms with Crippen molar-refractivity contribution in [3.8, 4) is 5.75 Å². The second-order valence-electron chi connectivity index (χ2n) is 4.50. The Bertz CT molecular complexity index is 669. The summed E-state index contributed by atoms with van der Waals surface area (Å²) in [5.41, 5.74) is -1.65. The van der Waals surface area contributed by atoms with Crippen LogP contribution in [-0.2, 0) is 9.59 Å². The summed E-state index contributed by atoms with van der Waals surface area (Å²) in [5.74, 6) is -5.71. The highest BCUT2D eigenvalue weighted by molar-refractivity contribution is 6.24. The average molecular weight is 333 g/mol. The Morgan fingerprint density at radius 1 is 1.17 bits per heavy atom. The first-order valence-corrected chi connectivity index (χ1v) is 6.03. The van der Waals surface area contributed by atoms with Gasteiger partial charge in [-0.3, -0.25) is 24.5 Å². The molecule has 0 saturated carbocycles. The van der Waals surface area contributed by atoms with Gasteiger partial charge in [0.25, 0.3) is 5.69 Å². The van der Waals surface area contributed by atoms with E-state index in [0.29, 0.717) is 18.2 Å². The average Bonchev–Trinajstić information content (AvgIpc) is 2.35. The van der Waals surface area contributed by atoms with Gasteiger partial charge < -0.3 is 4.74 Å². The van der Waals surface area contributed by atoms with E-state index in [1.807, 2.05) is 0 Å². The van der Waals surface area contributed by atoms with Gasteiger partial charge >= 0.3 is 6.36 Å². The number of Topliss-reactive ketones (excluding diaryl/α,β-unsaturated/α-hetero) is 3. The minimum absolute atomic E-state index is 0.479. The van der Waals surface area contributed by atoms with Crippen molar-refractivity contribution in [3.05, 3.63) is 33.9 Å². The lowest BCUT2D eigenvalue weighted by Gasteiger charge is -2.12. The first-order valence-electron chi connectivity index (χ1n) is 6.03. The van der Waals surface area contributed by atoms with Crippen molar-refractivity contribution in [2.75, 3.05) is 0 Å². The molecule has 0 N–H and O–H groups in total. The number of benzene rings is 1. The molecule has 0 aliphatic heterocycles. The topological polar surface area (TPSA) is 104 Å². The third-order valence-electron chi connectivity index (χ3n) is 2.74. The van der Waals surface area contributed by atoms with Crippen LogP contribution in [0.15, 0.2) is 18.2 Å². The van der Waals surface area contributed by atoms with Crippen LogP contribution in [0.3, 0.4) is 0 Å². The number of rotatable bonds is 6. The molecule has 23 heavy (non-hydrogen) atoms. The number of hydrogen-bond donors (Lipinski definition) is 0. The summed E-state index contributed by atoms with van der Waals surface area (Å²) in [4.78, 5) is 44.8. The minimum atomic E-state index is -5.07. The maximum Gasteiger partial charge on any atom is 0.573 e. The SMILES string of the molecule is CC(=O)C(C(C)=O)C(=O)c1cc(OC(F)(F)F)ccc1[N+](=O)[O-]. The predicted octanol–water partition coefficient (Wildman–Crippen LogP) is 2.47. The van der Waals surface area contributed by atoms with Crippen molar-refractivity contribution in [2.24, 2.45) is 5.92 Å². The molecule has 0 radical (unpaired) electrons. The van der Waals surface area contributed by atoms with Crippen LogP contribution in [0.25, 0.3) is 0 Å². The van der Waals surface area contributed by atoms with E-state index in [4.69, 9.17) is 0 Å². The maximum absolute atomic E-state index is 12.2. The van der Waals surface area contributed by atoms with Gasteiger partial charge in [0.2, 0.25) is 0 Å². The highest BCUT2D eigenvalue weighted by atomic mass is 19.4. The Kier molecular flexibility index (Phi) is 5.20. The van der Waals surface area contributed by atoms with E-state index in [0.717, 1.165) is 13.8 Å². The molecule has 1 rings (SSSR count). The Morgan fingerprint density at radius 3 is 2.09 bits per heavy atom. The molecule has 0 aromatic heterocycles. The first kappa shape index (κ1) is 18.3. The van der Waals surface area contributed by atoms with E-state index in [2.05, 4.69) is 4.74 Å². The summed E-state index contributed by atoms with van der Waals surface area (Å²) in [6.07, 6.45) is -5.07. The minimum Gasteiger partial charge on any atom is -0.406 e. The summed E-state index contributed by atoms with van der Waals surface area (Å²) in [6, 6.07) is 1.76. The second-order valence-corrected chi connectivity index (χ2v) is 4.50. The van der Waals surface area contributed by atoms with Crippen molar-refractivity contribution in [2.45, 2.75) is 20.2 Å². The van der Waals surface area contributed by atoms with Crippen molar-refractivity contribution in [1.82, 2.24) is 0 Å². The van der Waals surface area contributed by atoms with Crippen LogP contribution in [0, 0.1) is 16.0 Å². The number of alkyl halides is 3. The Labute approximate surface area is 127 Å². The fourth-order valence-corrected chi connectivity index (χ4v) is 1.88. The Balaban J connectivity index is 3.43. The van der Waals surface area contributed by atoms with Crippen LogP contribution >= 0.6 is 0 Å². The quantitative estimate of drug-likeness (QED) is 0.343. The lowest BCUT2D eigenvalue weighted by Crippen LogP contribution is -2.29. The molecule has 0 atom stereocenters. The molecule has 0 amide bonds. The highest BCUT2D eigenvalue weighted by Gasteiger charge is 2.35. The first-order chi connectivity index (χ1) is 10.4. The molecule has 0 unspecified atom stereocenters. The fourth-order valence-electron chi connectivity index (χ4n) is 1.88. The maximum atomic E-state index is 12.2. The highest BCUT2D eigenvalue weighted by Crippen LogP contribution is 2.30. The van der Waals surface area contributed by atoms with E-state index in [9.17, 15) is 37.7 Å². The third kappa shape index (κ3) is 4.59. The molecule has 1 aromatic carbocycles. The number of ether oxygens (including phenoxy) is 1. The van der Waals surface area contributed by atoms with E-state index in [1.165, 1.54) is 0 Å². The molecule has 10 heteroatoms. The fraction of sp³-hybridized carbons (Fsp3) is 0.308. The zero-order valence-corrected chi connectivity index (χ0v) is 11.8. The molecule has 7 nitrogen and oxygen atoms in total. The van der Waals surface area contributed by atoms with Gasteiger partial charge in [0, 0.05) is 6.07 Å². The van der Waals surface area contributed by atoms with Gasteiger partial charge in [-0.1, -0.05) is 0 Å². The van der Waals surface area contributed by atoms with Gasteiger partial charge in [0.1, 0.15) is 28.8 Å². The van der Waals surface area contributed by atoms with Crippen LogP contribution < -0.4 is 4.74 Å². The number of nitrogens with zero attached hydrogens (tertiary/aromatic N) is 1. The van der Waals surface area contributed by atoms with Crippen LogP contribution in [0.4, 0.5) is 18.9 Å². The standard InChI is InChI=1S/C13H10F3NO6/c1-6(18)11(7(2)19)12(20)9-5-8(23-13(14,15)16)3-4-10(9)17(21)22/h3-5,11H,1-2H3. The number of hydrogen-bond acceptors (Lipinski definition) is 6. The third-order valence-corrected chi connectivity index (χ3v) is 2.74. The molecule has 0 aliphatic carbocycles. The predicted molar refractivity (Wildman–Crippen MR) is 69.0 cm³/mol. The van der Waals surface area contributed by atoms with Crippen LogP contribution in [-0.4, -0.2) is 28.6 Å². The molecule has 124 valence electrons. The number of halogens is 3. The summed E-state index contributed by atoms with van der Waals surface area (Å²) < 4.78 is 40.2. The van der Waals surface area contributed by atoms with Crippen molar-refractivity contribution < 1.29 is 37.2 Å². The summed E-state index contributed by atoms with van der Waals surface area (Å²) in [5, 5.41) is 10.9. The zero-order chi connectivity index (χ0) is 17.9. The lowest BCUT2D eigenvalue weighted by molar-refractivity contribution is -0.385. The van der Waals surface area contributed by atoms with Crippen LogP contribution in [0.5, 0.6) is 5.75 Å². The molecule has 0 heterocycles. The number of ketones is 3. The van der Waals surface area contributed by atoms with E-state index in [-0.39, 0.29) is 0 Å². The normalized spacial score (nSPS) is 11.2. The molecule has 0 saturated heterocycles. The Hall–Kier alpha value is -2.78. The van der Waals surface area contributed by atoms with Gasteiger partial charge in [-0.2, -0.15) is 0 Å². The van der Waals surface area contributed by atoms with Crippen molar-refractivity contribution in [1.29, 1.82) is 0 Å². The monoisotopic (exact) mass is 333 g/mol. The summed E-state index contributed by atoms with van der Waals surface area (Å²) in [6.45, 7) is 1.84. The van der Waals surface area contributed by atoms with Gasteiger partial charge in [0.15, 0.2) is 5.78 Å². The molecule has 0 fully saturated rings. The van der Waals surface area contributed by atoms with Crippen LogP contribution in [0.1, 0.15) is 24.2 Å². The summed E-state index contributed by atoms with van der Waals surface area (Å²) in [7, 11) is 0. The Morgan fingerprint density at radius 2 is 1.70 bits per heavy atom. The van der Waals surface area contributed by atoms with E-state index >= 15 is 0 Å². The van der Waals surface area contributed by atoms with Gasteiger partial charge in [-0.05, 0) is 26.0 Å². The molecule has 0 aliphatic rings. The lowest BCUT2D eigenvalue weighted by atomic mass is 9.90. The molecular weight excluding hydrogens is 323 g/mol. The van der Waals surface area contributed by atoms with Gasteiger partial charge in [-0.25, -0.2) is 0 Å². The van der Waals surface area contributed by atoms with Crippen molar-refractivity contribution >= 4 is 23.0 Å². The number of nitro groups is 1. The molecule has 0 spiro atoms. The molecule has 1 aromatic rings. The number of nitro benzene ring substituents is 1. The van der Waals surface area contributed by atoms with E-state index in [1.54, 1.807) is 0 Å². The van der Waals surface area contributed by atoms with E-state index < -0.39 is 51.6 Å². The zero-order valence-electron chi connectivity index (χ0n) is 11.8.